The first kappa shape index (κ1) is 26.0. The van der Waals surface area contributed by atoms with E-state index in [4.69, 9.17) is 9.47 Å². The number of nitrogens with zero attached hydrogens (tertiary/aromatic N) is 1. The number of ether oxygens (including phenoxy) is 2. The Morgan fingerprint density at radius 2 is 1.57 bits per heavy atom. The minimum Gasteiger partial charge on any atom is -0.482 e. The average Bonchev–Trinajstić information content (AvgIpc) is 2.88. The lowest BCUT2D eigenvalue weighted by Gasteiger charge is -2.14. The summed E-state index contributed by atoms with van der Waals surface area (Å²) in [5.74, 6) is 0.249. The number of esters is 1. The second-order valence-electron chi connectivity index (χ2n) is 9.22. The molecule has 0 fully saturated rings. The summed E-state index contributed by atoms with van der Waals surface area (Å²) in [6, 6.07) is 26.2. The Morgan fingerprint density at radius 1 is 0.838 bits per heavy atom. The third-order valence-corrected chi connectivity index (χ3v) is 6.18. The minimum absolute atomic E-state index is 0.0147. The Kier molecular flexibility index (Phi) is 8.57. The third-order valence-electron chi connectivity index (χ3n) is 6.18. The largest absolute Gasteiger partial charge is 0.482 e. The van der Waals surface area contributed by atoms with Gasteiger partial charge in [-0.15, -0.1) is 0 Å². The van der Waals surface area contributed by atoms with Crippen molar-refractivity contribution in [1.29, 1.82) is 0 Å². The molecule has 4 rings (SSSR count). The van der Waals surface area contributed by atoms with Crippen molar-refractivity contribution in [1.82, 2.24) is 4.57 Å². The predicted octanol–water partition coefficient (Wildman–Crippen LogP) is 6.37. The van der Waals surface area contributed by atoms with Crippen LogP contribution in [-0.2, 0) is 22.5 Å². The molecule has 1 heterocycles. The van der Waals surface area contributed by atoms with Crippen LogP contribution in [0.15, 0.2) is 89.9 Å². The zero-order valence-electron chi connectivity index (χ0n) is 21.7. The van der Waals surface area contributed by atoms with Crippen molar-refractivity contribution in [3.8, 4) is 28.0 Å². The molecule has 0 N–H and O–H groups in total. The van der Waals surface area contributed by atoms with E-state index < -0.39 is 0 Å². The van der Waals surface area contributed by atoms with Gasteiger partial charge in [-0.2, -0.15) is 0 Å². The van der Waals surface area contributed by atoms with Crippen molar-refractivity contribution >= 4 is 5.97 Å². The van der Waals surface area contributed by atoms with Crippen molar-refractivity contribution in [3.05, 3.63) is 112 Å². The number of aromatic nitrogens is 1. The van der Waals surface area contributed by atoms with Crippen LogP contribution in [0.3, 0.4) is 0 Å². The lowest BCUT2D eigenvalue weighted by atomic mass is 9.93. The Balaban J connectivity index is 1.47. The summed E-state index contributed by atoms with van der Waals surface area (Å²) in [5.41, 5.74) is 7.98. The topological polar surface area (TPSA) is 57.5 Å². The molecular weight excluding hydrogens is 462 g/mol. The molecule has 0 atom stereocenters. The molecule has 5 nitrogen and oxygen atoms in total. The number of hydrogen-bond acceptors (Lipinski definition) is 4. The van der Waals surface area contributed by atoms with Crippen LogP contribution in [0.4, 0.5) is 0 Å². The van der Waals surface area contributed by atoms with E-state index in [0.29, 0.717) is 18.9 Å². The van der Waals surface area contributed by atoms with Crippen molar-refractivity contribution < 1.29 is 14.3 Å². The summed E-state index contributed by atoms with van der Waals surface area (Å²) in [5, 5.41) is 0. The maximum absolute atomic E-state index is 12.6. The maximum atomic E-state index is 12.6. The lowest BCUT2D eigenvalue weighted by Crippen LogP contribution is -2.19. The molecule has 0 amide bonds. The van der Waals surface area contributed by atoms with Crippen molar-refractivity contribution in [2.45, 2.75) is 40.2 Å². The highest BCUT2D eigenvalue weighted by atomic mass is 16.6. The van der Waals surface area contributed by atoms with Gasteiger partial charge in [-0.05, 0) is 79.6 Å². The van der Waals surface area contributed by atoms with Crippen LogP contribution in [0, 0.1) is 13.8 Å². The first-order valence-corrected chi connectivity index (χ1v) is 12.7. The molecule has 4 aromatic rings. The van der Waals surface area contributed by atoms with Gasteiger partial charge in [0.15, 0.2) is 6.61 Å². The highest BCUT2D eigenvalue weighted by molar-refractivity contribution is 5.83. The number of rotatable bonds is 10. The van der Waals surface area contributed by atoms with E-state index in [1.165, 1.54) is 16.7 Å². The standard InChI is InChI=1S/C32H33NO4/c1-4-36-32(35)22-37-28-11-7-9-25(20-28)10-8-16-33-21-26(14-15-31(33)34)29-12-5-6-13-30(29)27-18-23(2)17-24(3)19-27/h5-7,9,11-15,17-21H,4,8,10,16,22H2,1-3H3. The first-order chi connectivity index (χ1) is 17.9. The molecule has 5 heteroatoms. The van der Waals surface area contributed by atoms with Crippen LogP contribution in [0.1, 0.15) is 30.0 Å². The summed E-state index contributed by atoms with van der Waals surface area (Å²) in [7, 11) is 0. The molecule has 190 valence electrons. The zero-order valence-corrected chi connectivity index (χ0v) is 21.7. The highest BCUT2D eigenvalue weighted by Gasteiger charge is 2.10. The van der Waals surface area contributed by atoms with Crippen LogP contribution in [0.5, 0.6) is 5.75 Å². The van der Waals surface area contributed by atoms with E-state index in [2.05, 4.69) is 50.2 Å². The van der Waals surface area contributed by atoms with E-state index in [0.717, 1.165) is 35.1 Å². The van der Waals surface area contributed by atoms with E-state index in [-0.39, 0.29) is 18.1 Å². The van der Waals surface area contributed by atoms with Crippen LogP contribution in [-0.4, -0.2) is 23.8 Å². The smallest absolute Gasteiger partial charge is 0.344 e. The molecule has 0 aliphatic carbocycles. The number of hydrogen-bond donors (Lipinski definition) is 0. The molecule has 3 aromatic carbocycles. The van der Waals surface area contributed by atoms with Gasteiger partial charge in [0.05, 0.1) is 6.61 Å². The van der Waals surface area contributed by atoms with Gasteiger partial charge < -0.3 is 14.0 Å². The SMILES string of the molecule is CCOC(=O)COc1cccc(CCCn2cc(-c3ccccc3-c3cc(C)cc(C)c3)ccc2=O)c1. The molecular formula is C32H33NO4. The average molecular weight is 496 g/mol. The minimum atomic E-state index is -0.383. The van der Waals surface area contributed by atoms with Gasteiger partial charge in [-0.1, -0.05) is 65.7 Å². The van der Waals surface area contributed by atoms with Gasteiger partial charge in [0, 0.05) is 18.8 Å². The number of carbonyl (C=O) groups excluding carboxylic acids is 1. The molecule has 0 aliphatic heterocycles. The second-order valence-corrected chi connectivity index (χ2v) is 9.22. The quantitative estimate of drug-likeness (QED) is 0.240. The number of benzene rings is 3. The summed E-state index contributed by atoms with van der Waals surface area (Å²) in [6.45, 7) is 6.82. The van der Waals surface area contributed by atoms with Gasteiger partial charge in [-0.3, -0.25) is 4.79 Å². The van der Waals surface area contributed by atoms with Crippen molar-refractivity contribution in [2.75, 3.05) is 13.2 Å². The van der Waals surface area contributed by atoms with Crippen molar-refractivity contribution in [3.63, 3.8) is 0 Å². The zero-order chi connectivity index (χ0) is 26.2. The molecule has 37 heavy (non-hydrogen) atoms. The molecule has 0 bridgehead atoms. The fraction of sp³-hybridized carbons (Fsp3) is 0.250. The molecule has 0 aliphatic rings. The van der Waals surface area contributed by atoms with Crippen LogP contribution in [0.2, 0.25) is 0 Å². The van der Waals surface area contributed by atoms with Crippen LogP contribution < -0.4 is 10.3 Å². The molecule has 1 aromatic heterocycles. The third kappa shape index (κ3) is 6.98. The number of aryl methyl sites for hydroxylation is 4. The van der Waals surface area contributed by atoms with Gasteiger partial charge in [0.25, 0.3) is 5.56 Å². The fourth-order valence-electron chi connectivity index (χ4n) is 4.57. The summed E-state index contributed by atoms with van der Waals surface area (Å²) < 4.78 is 12.2. The highest BCUT2D eigenvalue weighted by Crippen LogP contribution is 2.32. The predicted molar refractivity (Wildman–Crippen MR) is 148 cm³/mol. The first-order valence-electron chi connectivity index (χ1n) is 12.7. The number of pyridine rings is 1. The fourth-order valence-corrected chi connectivity index (χ4v) is 4.57. The second kappa shape index (κ2) is 12.2. The summed E-state index contributed by atoms with van der Waals surface area (Å²) >= 11 is 0. The van der Waals surface area contributed by atoms with E-state index in [9.17, 15) is 9.59 Å². The maximum Gasteiger partial charge on any atom is 0.344 e. The van der Waals surface area contributed by atoms with Gasteiger partial charge in [-0.25, -0.2) is 4.79 Å². The molecule has 0 unspecified atom stereocenters. The summed E-state index contributed by atoms with van der Waals surface area (Å²) in [6.07, 6.45) is 3.54. The van der Waals surface area contributed by atoms with E-state index >= 15 is 0 Å². The van der Waals surface area contributed by atoms with Gasteiger partial charge in [0.1, 0.15) is 5.75 Å². The van der Waals surface area contributed by atoms with Crippen molar-refractivity contribution in [2.24, 2.45) is 0 Å². The Hall–Kier alpha value is -4.12. The normalized spacial score (nSPS) is 10.8. The Morgan fingerprint density at radius 3 is 2.30 bits per heavy atom. The molecule has 0 saturated heterocycles. The van der Waals surface area contributed by atoms with E-state index in [1.54, 1.807) is 17.6 Å². The molecule has 0 radical (unpaired) electrons. The Labute approximate surface area is 218 Å². The van der Waals surface area contributed by atoms with Crippen LogP contribution >= 0.6 is 0 Å². The number of carbonyl (C=O) groups is 1. The monoisotopic (exact) mass is 495 g/mol. The summed E-state index contributed by atoms with van der Waals surface area (Å²) in [4.78, 5) is 24.2. The van der Waals surface area contributed by atoms with E-state index in [1.807, 2.05) is 42.6 Å². The molecule has 0 saturated carbocycles. The van der Waals surface area contributed by atoms with Gasteiger partial charge >= 0.3 is 5.97 Å². The van der Waals surface area contributed by atoms with Crippen LogP contribution in [0.25, 0.3) is 22.3 Å². The molecule has 0 spiro atoms. The lowest BCUT2D eigenvalue weighted by molar-refractivity contribution is -0.145. The Bertz CT molecular complexity index is 1420. The van der Waals surface area contributed by atoms with Gasteiger partial charge in [0.2, 0.25) is 0 Å².